The predicted octanol–water partition coefficient (Wildman–Crippen LogP) is 3.72. The van der Waals surface area contributed by atoms with Gasteiger partial charge in [0.15, 0.2) is 0 Å². The van der Waals surface area contributed by atoms with E-state index in [0.29, 0.717) is 34.4 Å². The Kier molecular flexibility index (Phi) is 8.04. The van der Waals surface area contributed by atoms with Crippen LogP contribution in [-0.2, 0) is 9.59 Å². The molecule has 2 aromatic carbocycles. The minimum atomic E-state index is -0.340. The van der Waals surface area contributed by atoms with Gasteiger partial charge in [-0.1, -0.05) is 29.3 Å². The van der Waals surface area contributed by atoms with Crippen molar-refractivity contribution in [2.24, 2.45) is 0 Å². The Morgan fingerprint density at radius 2 is 1.47 bits per heavy atom. The standard InChI is InChI=1S/C21H23Cl2FN4O2/c22-17-2-1-3-18(23)21(17)26-19(29)8-9-27-10-12-28(13-11-27)14-20(30)25-16-6-4-15(24)5-7-16/h1-7H,8-14H2,(H,25,30)(H,26,29). The fourth-order valence-corrected chi connectivity index (χ4v) is 3.68. The van der Waals surface area contributed by atoms with Crippen LogP contribution in [0, 0.1) is 5.82 Å². The molecule has 0 saturated carbocycles. The highest BCUT2D eigenvalue weighted by molar-refractivity contribution is 6.39. The Labute approximate surface area is 184 Å². The molecule has 2 amide bonds. The van der Waals surface area contributed by atoms with Crippen LogP contribution in [0.5, 0.6) is 0 Å². The summed E-state index contributed by atoms with van der Waals surface area (Å²) in [6.07, 6.45) is 0.326. The lowest BCUT2D eigenvalue weighted by molar-refractivity contribution is -0.117. The summed E-state index contributed by atoms with van der Waals surface area (Å²) in [7, 11) is 0. The normalized spacial score (nSPS) is 15.0. The maximum absolute atomic E-state index is 12.9. The number of hydrogen-bond acceptors (Lipinski definition) is 4. The Morgan fingerprint density at radius 1 is 0.867 bits per heavy atom. The molecule has 0 aliphatic carbocycles. The van der Waals surface area contributed by atoms with Crippen LogP contribution in [0.2, 0.25) is 10.0 Å². The van der Waals surface area contributed by atoms with E-state index in [-0.39, 0.29) is 24.2 Å². The van der Waals surface area contributed by atoms with Crippen LogP contribution in [0.1, 0.15) is 6.42 Å². The monoisotopic (exact) mass is 452 g/mol. The van der Waals surface area contributed by atoms with E-state index < -0.39 is 0 Å². The molecule has 1 fully saturated rings. The van der Waals surface area contributed by atoms with Crippen molar-refractivity contribution in [1.82, 2.24) is 9.80 Å². The number of halogens is 3. The van der Waals surface area contributed by atoms with Gasteiger partial charge in [-0.15, -0.1) is 0 Å². The van der Waals surface area contributed by atoms with Gasteiger partial charge in [0, 0.05) is 44.8 Å². The van der Waals surface area contributed by atoms with Crippen LogP contribution in [-0.4, -0.2) is 60.9 Å². The number of rotatable bonds is 7. The second-order valence-electron chi connectivity index (χ2n) is 7.07. The highest BCUT2D eigenvalue weighted by Crippen LogP contribution is 2.29. The first-order valence-corrected chi connectivity index (χ1v) is 10.4. The molecule has 30 heavy (non-hydrogen) atoms. The Morgan fingerprint density at radius 3 is 2.10 bits per heavy atom. The summed E-state index contributed by atoms with van der Waals surface area (Å²) in [5.41, 5.74) is 1.01. The third-order valence-corrected chi connectivity index (χ3v) is 5.47. The Bertz CT molecular complexity index is 867. The van der Waals surface area contributed by atoms with Crippen LogP contribution in [0.15, 0.2) is 42.5 Å². The summed E-state index contributed by atoms with van der Waals surface area (Å²) < 4.78 is 12.9. The van der Waals surface area contributed by atoms with Gasteiger partial charge in [0.2, 0.25) is 11.8 Å². The molecule has 1 saturated heterocycles. The first kappa shape index (κ1) is 22.5. The van der Waals surface area contributed by atoms with Crippen molar-refractivity contribution in [2.45, 2.75) is 6.42 Å². The fraction of sp³-hybridized carbons (Fsp3) is 0.333. The van der Waals surface area contributed by atoms with Crippen molar-refractivity contribution in [2.75, 3.05) is 49.9 Å². The van der Waals surface area contributed by atoms with E-state index in [4.69, 9.17) is 23.2 Å². The molecule has 6 nitrogen and oxygen atoms in total. The van der Waals surface area contributed by atoms with E-state index in [0.717, 1.165) is 26.2 Å². The summed E-state index contributed by atoms with van der Waals surface area (Å²) >= 11 is 12.1. The van der Waals surface area contributed by atoms with Crippen molar-refractivity contribution in [3.05, 3.63) is 58.3 Å². The minimum absolute atomic E-state index is 0.133. The number of hydrogen-bond donors (Lipinski definition) is 2. The molecule has 0 spiro atoms. The Balaban J connectivity index is 1.36. The molecule has 2 aromatic rings. The first-order valence-electron chi connectivity index (χ1n) is 9.65. The van der Waals surface area contributed by atoms with Gasteiger partial charge in [0.1, 0.15) is 5.82 Å². The van der Waals surface area contributed by atoms with Crippen molar-refractivity contribution in [3.8, 4) is 0 Å². The quantitative estimate of drug-likeness (QED) is 0.671. The summed E-state index contributed by atoms with van der Waals surface area (Å²) in [6.45, 7) is 3.89. The van der Waals surface area contributed by atoms with Gasteiger partial charge in [-0.05, 0) is 36.4 Å². The highest BCUT2D eigenvalue weighted by atomic mass is 35.5. The molecule has 0 radical (unpaired) electrons. The lowest BCUT2D eigenvalue weighted by Gasteiger charge is -2.34. The molecule has 1 heterocycles. The number of carbonyl (C=O) groups is 2. The summed E-state index contributed by atoms with van der Waals surface area (Å²) in [4.78, 5) is 28.6. The van der Waals surface area contributed by atoms with Gasteiger partial charge < -0.3 is 15.5 Å². The summed E-state index contributed by atoms with van der Waals surface area (Å²) in [5, 5.41) is 6.34. The number of carbonyl (C=O) groups excluding carboxylic acids is 2. The van der Waals surface area contributed by atoms with Crippen molar-refractivity contribution >= 4 is 46.4 Å². The number of para-hydroxylation sites is 1. The number of anilines is 2. The van der Waals surface area contributed by atoms with Crippen LogP contribution in [0.4, 0.5) is 15.8 Å². The van der Waals surface area contributed by atoms with Gasteiger partial charge in [0.25, 0.3) is 0 Å². The molecular formula is C21H23Cl2FN4O2. The zero-order valence-corrected chi connectivity index (χ0v) is 17.8. The molecule has 0 aromatic heterocycles. The molecule has 0 atom stereocenters. The zero-order chi connectivity index (χ0) is 21.5. The predicted molar refractivity (Wildman–Crippen MR) is 118 cm³/mol. The molecule has 3 rings (SSSR count). The smallest absolute Gasteiger partial charge is 0.238 e. The number of nitrogens with zero attached hydrogens (tertiary/aromatic N) is 2. The third kappa shape index (κ3) is 6.67. The van der Waals surface area contributed by atoms with Gasteiger partial charge in [-0.3, -0.25) is 14.5 Å². The first-order chi connectivity index (χ1) is 14.4. The van der Waals surface area contributed by atoms with Crippen LogP contribution in [0.3, 0.4) is 0 Å². The molecular weight excluding hydrogens is 430 g/mol. The maximum Gasteiger partial charge on any atom is 0.238 e. The van der Waals surface area contributed by atoms with E-state index in [1.54, 1.807) is 18.2 Å². The van der Waals surface area contributed by atoms with Crippen LogP contribution >= 0.6 is 23.2 Å². The molecule has 160 valence electrons. The van der Waals surface area contributed by atoms with E-state index in [9.17, 15) is 14.0 Å². The minimum Gasteiger partial charge on any atom is -0.325 e. The van der Waals surface area contributed by atoms with E-state index >= 15 is 0 Å². The van der Waals surface area contributed by atoms with Gasteiger partial charge in [0.05, 0.1) is 22.3 Å². The second-order valence-corrected chi connectivity index (χ2v) is 7.88. The lowest BCUT2D eigenvalue weighted by Crippen LogP contribution is -2.49. The average molecular weight is 453 g/mol. The second kappa shape index (κ2) is 10.7. The van der Waals surface area contributed by atoms with Gasteiger partial charge in [-0.2, -0.15) is 0 Å². The van der Waals surface area contributed by atoms with Gasteiger partial charge in [-0.25, -0.2) is 4.39 Å². The van der Waals surface area contributed by atoms with E-state index in [2.05, 4.69) is 20.4 Å². The molecule has 2 N–H and O–H groups in total. The number of benzene rings is 2. The van der Waals surface area contributed by atoms with E-state index in [1.165, 1.54) is 24.3 Å². The SMILES string of the molecule is O=C(CN1CCN(CCC(=O)Nc2c(Cl)cccc2Cl)CC1)Nc1ccc(F)cc1. The highest BCUT2D eigenvalue weighted by Gasteiger charge is 2.20. The molecule has 0 unspecified atom stereocenters. The summed E-state index contributed by atoms with van der Waals surface area (Å²) in [6, 6.07) is 10.8. The average Bonchev–Trinajstić information content (AvgIpc) is 2.72. The third-order valence-electron chi connectivity index (χ3n) is 4.84. The van der Waals surface area contributed by atoms with Crippen molar-refractivity contribution in [1.29, 1.82) is 0 Å². The van der Waals surface area contributed by atoms with Crippen molar-refractivity contribution in [3.63, 3.8) is 0 Å². The topological polar surface area (TPSA) is 64.7 Å². The van der Waals surface area contributed by atoms with Crippen LogP contribution in [0.25, 0.3) is 0 Å². The van der Waals surface area contributed by atoms with Gasteiger partial charge >= 0.3 is 0 Å². The number of nitrogens with one attached hydrogen (secondary N) is 2. The lowest BCUT2D eigenvalue weighted by atomic mass is 10.2. The molecule has 1 aliphatic heterocycles. The fourth-order valence-electron chi connectivity index (χ4n) is 3.19. The summed E-state index contributed by atoms with van der Waals surface area (Å²) in [5.74, 6) is -0.620. The number of piperazine rings is 1. The Hall–Kier alpha value is -2.19. The molecule has 9 heteroatoms. The zero-order valence-electron chi connectivity index (χ0n) is 16.3. The van der Waals surface area contributed by atoms with Crippen molar-refractivity contribution < 1.29 is 14.0 Å². The molecule has 0 bridgehead atoms. The molecule has 1 aliphatic rings. The largest absolute Gasteiger partial charge is 0.325 e. The number of amides is 2. The van der Waals surface area contributed by atoms with E-state index in [1.807, 2.05) is 0 Å². The van der Waals surface area contributed by atoms with Crippen LogP contribution < -0.4 is 10.6 Å². The maximum atomic E-state index is 12.9.